The van der Waals surface area contributed by atoms with Crippen molar-refractivity contribution in [1.29, 1.82) is 0 Å². The van der Waals surface area contributed by atoms with Crippen LogP contribution in [-0.2, 0) is 0 Å². The summed E-state index contributed by atoms with van der Waals surface area (Å²) in [5.74, 6) is 0.314. The summed E-state index contributed by atoms with van der Waals surface area (Å²) >= 11 is 0. The lowest BCUT2D eigenvalue weighted by Gasteiger charge is -2.33. The third kappa shape index (κ3) is 5.30. The summed E-state index contributed by atoms with van der Waals surface area (Å²) < 4.78 is 37.1. The van der Waals surface area contributed by atoms with Crippen LogP contribution >= 0.6 is 0 Å². The first kappa shape index (κ1) is 16.8. The Morgan fingerprint density at radius 2 is 1.95 bits per heavy atom. The molecular weight excluding hydrogens is 253 g/mol. The zero-order valence-electron chi connectivity index (χ0n) is 12.5. The van der Waals surface area contributed by atoms with Crippen molar-refractivity contribution in [3.05, 3.63) is 0 Å². The van der Waals surface area contributed by atoms with Crippen LogP contribution in [0.1, 0.15) is 40.0 Å². The molecule has 1 aliphatic rings. The van der Waals surface area contributed by atoms with Crippen LogP contribution in [-0.4, -0.2) is 43.8 Å². The zero-order chi connectivity index (χ0) is 14.7. The van der Waals surface area contributed by atoms with E-state index in [0.29, 0.717) is 18.5 Å². The molecule has 1 saturated carbocycles. The van der Waals surface area contributed by atoms with E-state index in [0.717, 1.165) is 25.8 Å². The Bertz CT molecular complexity index is 276. The topological polar surface area (TPSA) is 15.3 Å². The molecule has 2 nitrogen and oxygen atoms in total. The number of alkyl halides is 3. The third-order valence-electron chi connectivity index (χ3n) is 4.08. The van der Waals surface area contributed by atoms with Crippen molar-refractivity contribution in [3.63, 3.8) is 0 Å². The number of hydrogen-bond acceptors (Lipinski definition) is 2. The summed E-state index contributed by atoms with van der Waals surface area (Å²) in [6, 6.07) is 0.322. The first-order chi connectivity index (χ1) is 8.65. The van der Waals surface area contributed by atoms with Gasteiger partial charge in [0, 0.05) is 12.6 Å². The molecule has 0 heterocycles. The van der Waals surface area contributed by atoms with E-state index >= 15 is 0 Å². The summed E-state index contributed by atoms with van der Waals surface area (Å²) in [6.45, 7) is 7.18. The van der Waals surface area contributed by atoms with Crippen LogP contribution in [0.15, 0.2) is 0 Å². The van der Waals surface area contributed by atoms with Gasteiger partial charge in [-0.1, -0.05) is 20.8 Å². The Morgan fingerprint density at radius 1 is 1.32 bits per heavy atom. The average molecular weight is 280 g/mol. The van der Waals surface area contributed by atoms with Crippen molar-refractivity contribution in [2.24, 2.45) is 11.3 Å². The van der Waals surface area contributed by atoms with Gasteiger partial charge in [0.15, 0.2) is 0 Å². The lowest BCUT2D eigenvalue weighted by atomic mass is 9.84. The van der Waals surface area contributed by atoms with Crippen LogP contribution in [0.4, 0.5) is 13.2 Å². The van der Waals surface area contributed by atoms with E-state index in [4.69, 9.17) is 0 Å². The van der Waals surface area contributed by atoms with Gasteiger partial charge < -0.3 is 5.32 Å². The molecule has 0 radical (unpaired) electrons. The molecule has 2 unspecified atom stereocenters. The summed E-state index contributed by atoms with van der Waals surface area (Å²) in [7, 11) is 1.57. The van der Waals surface area contributed by atoms with Crippen LogP contribution in [0.2, 0.25) is 0 Å². The molecule has 0 aromatic heterocycles. The fourth-order valence-corrected chi connectivity index (χ4v) is 3.23. The van der Waals surface area contributed by atoms with Crippen molar-refractivity contribution in [2.75, 3.05) is 26.7 Å². The molecule has 0 aromatic carbocycles. The van der Waals surface area contributed by atoms with Crippen LogP contribution < -0.4 is 5.32 Å². The van der Waals surface area contributed by atoms with Crippen molar-refractivity contribution < 1.29 is 13.2 Å². The van der Waals surface area contributed by atoms with E-state index in [2.05, 4.69) is 26.1 Å². The number of halogens is 3. The Kier molecular flexibility index (Phi) is 5.68. The molecule has 114 valence electrons. The third-order valence-corrected chi connectivity index (χ3v) is 4.08. The molecule has 1 aliphatic carbocycles. The maximum atomic E-state index is 12.4. The van der Waals surface area contributed by atoms with E-state index in [1.165, 1.54) is 4.90 Å². The maximum Gasteiger partial charge on any atom is 0.401 e. The zero-order valence-corrected chi connectivity index (χ0v) is 12.5. The smallest absolute Gasteiger partial charge is 0.313 e. The Morgan fingerprint density at radius 3 is 2.47 bits per heavy atom. The van der Waals surface area contributed by atoms with Crippen molar-refractivity contribution in [1.82, 2.24) is 10.2 Å². The predicted octanol–water partition coefficient (Wildman–Crippen LogP) is 3.28. The van der Waals surface area contributed by atoms with E-state index in [1.807, 2.05) is 0 Å². The van der Waals surface area contributed by atoms with Gasteiger partial charge in [0.25, 0.3) is 0 Å². The summed E-state index contributed by atoms with van der Waals surface area (Å²) in [5.41, 5.74) is 0.179. The maximum absolute atomic E-state index is 12.4. The Labute approximate surface area is 114 Å². The summed E-state index contributed by atoms with van der Waals surface area (Å²) in [4.78, 5) is 1.41. The van der Waals surface area contributed by atoms with Gasteiger partial charge >= 0.3 is 6.18 Å². The summed E-state index contributed by atoms with van der Waals surface area (Å²) in [5, 5.41) is 3.53. The minimum absolute atomic E-state index is 0.179. The number of nitrogens with one attached hydrogen (secondary N) is 1. The largest absolute Gasteiger partial charge is 0.401 e. The van der Waals surface area contributed by atoms with Gasteiger partial charge in [0.05, 0.1) is 6.54 Å². The van der Waals surface area contributed by atoms with Crippen molar-refractivity contribution in [3.8, 4) is 0 Å². The van der Waals surface area contributed by atoms with E-state index in [9.17, 15) is 13.2 Å². The fourth-order valence-electron chi connectivity index (χ4n) is 3.23. The van der Waals surface area contributed by atoms with E-state index in [1.54, 1.807) is 7.05 Å². The van der Waals surface area contributed by atoms with Crippen molar-refractivity contribution >= 4 is 0 Å². The minimum Gasteiger partial charge on any atom is -0.313 e. The van der Waals surface area contributed by atoms with E-state index in [-0.39, 0.29) is 5.41 Å². The average Bonchev–Trinajstić information content (AvgIpc) is 2.49. The molecule has 1 rings (SSSR count). The predicted molar refractivity (Wildman–Crippen MR) is 72.1 cm³/mol. The molecule has 2 atom stereocenters. The highest BCUT2D eigenvalue weighted by Gasteiger charge is 2.42. The first-order valence-corrected chi connectivity index (χ1v) is 7.14. The molecule has 0 aromatic rings. The van der Waals surface area contributed by atoms with Crippen LogP contribution in [0, 0.1) is 11.3 Å². The molecule has 0 saturated heterocycles. The molecule has 1 fully saturated rings. The fraction of sp³-hybridized carbons (Fsp3) is 1.00. The molecule has 0 spiro atoms. The quantitative estimate of drug-likeness (QED) is 0.803. The molecule has 0 bridgehead atoms. The van der Waals surface area contributed by atoms with Gasteiger partial charge in [-0.2, -0.15) is 13.2 Å². The van der Waals surface area contributed by atoms with Crippen LogP contribution in [0.25, 0.3) is 0 Å². The van der Waals surface area contributed by atoms with Gasteiger partial charge in [-0.05, 0) is 44.2 Å². The summed E-state index contributed by atoms with van der Waals surface area (Å²) in [6.07, 6.45) is -0.956. The molecule has 0 amide bonds. The van der Waals surface area contributed by atoms with Crippen LogP contribution in [0.3, 0.4) is 0 Å². The second kappa shape index (κ2) is 6.44. The minimum atomic E-state index is -4.10. The standard InChI is InChI=1S/C14H27F3N2/c1-5-8-18-12-11(6-7-13(12,2)3)9-19(4)10-14(15,16)17/h11-12,18H,5-10H2,1-4H3. The Balaban J connectivity index is 2.56. The van der Waals surface area contributed by atoms with Gasteiger partial charge in [-0.15, -0.1) is 0 Å². The number of rotatable bonds is 6. The molecule has 0 aliphatic heterocycles. The monoisotopic (exact) mass is 280 g/mol. The molecule has 1 N–H and O–H groups in total. The van der Waals surface area contributed by atoms with Gasteiger partial charge in [-0.25, -0.2) is 0 Å². The van der Waals surface area contributed by atoms with Gasteiger partial charge in [-0.3, -0.25) is 4.90 Å². The van der Waals surface area contributed by atoms with Gasteiger partial charge in [0.2, 0.25) is 0 Å². The highest BCUT2D eigenvalue weighted by Crippen LogP contribution is 2.41. The lowest BCUT2D eigenvalue weighted by molar-refractivity contribution is -0.144. The second-order valence-corrected chi connectivity index (χ2v) is 6.53. The number of nitrogens with zero attached hydrogens (tertiary/aromatic N) is 1. The molecule has 19 heavy (non-hydrogen) atoms. The lowest BCUT2D eigenvalue weighted by Crippen LogP contribution is -2.46. The second-order valence-electron chi connectivity index (χ2n) is 6.53. The Hall–Kier alpha value is -0.290. The van der Waals surface area contributed by atoms with Crippen molar-refractivity contribution in [2.45, 2.75) is 52.3 Å². The van der Waals surface area contributed by atoms with E-state index < -0.39 is 12.7 Å². The molecule has 5 heteroatoms. The normalized spacial score (nSPS) is 27.2. The highest BCUT2D eigenvalue weighted by molar-refractivity contribution is 4.97. The van der Waals surface area contributed by atoms with Crippen LogP contribution in [0.5, 0.6) is 0 Å². The molecular formula is C14H27F3N2. The SMILES string of the molecule is CCCNC1C(CN(C)CC(F)(F)F)CCC1(C)C. The highest BCUT2D eigenvalue weighted by atomic mass is 19.4. The number of hydrogen-bond donors (Lipinski definition) is 1. The first-order valence-electron chi connectivity index (χ1n) is 7.14. The van der Waals surface area contributed by atoms with Gasteiger partial charge in [0.1, 0.15) is 0 Å².